The van der Waals surface area contributed by atoms with E-state index in [2.05, 4.69) is 20.8 Å². The fourth-order valence-corrected chi connectivity index (χ4v) is 4.51. The maximum Gasteiger partial charge on any atom is 0.290 e. The zero-order valence-corrected chi connectivity index (χ0v) is 19.4. The Morgan fingerprint density at radius 1 is 1.24 bits per heavy atom. The highest BCUT2D eigenvalue weighted by atomic mass is 16.5. The second-order valence-corrected chi connectivity index (χ2v) is 8.76. The quantitative estimate of drug-likeness (QED) is 0.666. The molecule has 1 fully saturated rings. The SMILES string of the molecule is CCCC(CNC(=O)c1onc(C)c1C)C(=O)N[C@@H]1C(=O)N2CCCN2Cc2ccccc21. The average Bonchev–Trinajstić information content (AvgIpc) is 3.38. The number of hydrogen-bond donors (Lipinski definition) is 2. The van der Waals surface area contributed by atoms with Crippen LogP contribution in [-0.2, 0) is 16.1 Å². The van der Waals surface area contributed by atoms with Gasteiger partial charge in [0.1, 0.15) is 6.04 Å². The van der Waals surface area contributed by atoms with Gasteiger partial charge in [-0.2, -0.15) is 0 Å². The van der Waals surface area contributed by atoms with Gasteiger partial charge < -0.3 is 15.2 Å². The van der Waals surface area contributed by atoms with Crippen LogP contribution in [0.5, 0.6) is 0 Å². The molecule has 0 spiro atoms. The second kappa shape index (κ2) is 9.74. The second-order valence-electron chi connectivity index (χ2n) is 8.76. The number of carbonyl (C=O) groups is 3. The third kappa shape index (κ3) is 4.64. The first-order chi connectivity index (χ1) is 15.9. The predicted octanol–water partition coefficient (Wildman–Crippen LogP) is 2.26. The van der Waals surface area contributed by atoms with Crippen molar-refractivity contribution in [2.24, 2.45) is 5.92 Å². The summed E-state index contributed by atoms with van der Waals surface area (Å²) in [5.41, 5.74) is 3.21. The van der Waals surface area contributed by atoms with Crippen molar-refractivity contribution >= 4 is 17.7 Å². The number of amides is 3. The first-order valence-electron chi connectivity index (χ1n) is 11.6. The first-order valence-corrected chi connectivity index (χ1v) is 11.6. The zero-order chi connectivity index (χ0) is 23.5. The van der Waals surface area contributed by atoms with Gasteiger partial charge in [0.15, 0.2) is 0 Å². The summed E-state index contributed by atoms with van der Waals surface area (Å²) in [4.78, 5) is 39.2. The summed E-state index contributed by atoms with van der Waals surface area (Å²) in [5, 5.41) is 13.4. The Hall–Kier alpha value is -3.20. The monoisotopic (exact) mass is 453 g/mol. The van der Waals surface area contributed by atoms with Crippen LogP contribution in [-0.4, -0.2) is 52.5 Å². The summed E-state index contributed by atoms with van der Waals surface area (Å²) in [7, 11) is 0. The van der Waals surface area contributed by atoms with Crippen molar-refractivity contribution in [3.8, 4) is 0 Å². The Morgan fingerprint density at radius 3 is 2.76 bits per heavy atom. The maximum atomic E-state index is 13.4. The number of nitrogens with one attached hydrogen (secondary N) is 2. The molecule has 1 saturated heterocycles. The molecule has 4 rings (SSSR count). The van der Waals surface area contributed by atoms with E-state index in [-0.39, 0.29) is 24.1 Å². The summed E-state index contributed by atoms with van der Waals surface area (Å²) >= 11 is 0. The summed E-state index contributed by atoms with van der Waals surface area (Å²) < 4.78 is 5.12. The Labute approximate surface area is 193 Å². The number of fused-ring (bicyclic) bond motifs is 2. The Kier molecular flexibility index (Phi) is 6.78. The molecule has 2 aromatic rings. The van der Waals surface area contributed by atoms with Gasteiger partial charge in [-0.3, -0.25) is 19.4 Å². The molecule has 2 aliphatic heterocycles. The van der Waals surface area contributed by atoms with E-state index in [4.69, 9.17) is 4.52 Å². The highest BCUT2D eigenvalue weighted by molar-refractivity contribution is 5.94. The van der Waals surface area contributed by atoms with Crippen LogP contribution in [0.15, 0.2) is 28.8 Å². The molecule has 2 aliphatic rings. The number of carbonyl (C=O) groups excluding carboxylic acids is 3. The zero-order valence-electron chi connectivity index (χ0n) is 19.4. The number of aromatic nitrogens is 1. The largest absolute Gasteiger partial charge is 0.350 e. The molecule has 0 bridgehead atoms. The van der Waals surface area contributed by atoms with E-state index in [1.807, 2.05) is 31.2 Å². The molecule has 2 N–H and O–H groups in total. The average molecular weight is 454 g/mol. The lowest BCUT2D eigenvalue weighted by Crippen LogP contribution is -2.47. The van der Waals surface area contributed by atoms with E-state index >= 15 is 0 Å². The maximum absolute atomic E-state index is 13.4. The molecule has 9 heteroatoms. The fourth-order valence-electron chi connectivity index (χ4n) is 4.51. The fraction of sp³-hybridized carbons (Fsp3) is 0.500. The van der Waals surface area contributed by atoms with Gasteiger partial charge in [-0.25, -0.2) is 5.01 Å². The number of hydrogen-bond acceptors (Lipinski definition) is 6. The molecule has 33 heavy (non-hydrogen) atoms. The topological polar surface area (TPSA) is 108 Å². The van der Waals surface area contributed by atoms with Crippen LogP contribution in [0.1, 0.15) is 65.2 Å². The van der Waals surface area contributed by atoms with Gasteiger partial charge in [0.05, 0.1) is 11.6 Å². The smallest absolute Gasteiger partial charge is 0.290 e. The molecule has 9 nitrogen and oxygen atoms in total. The normalized spacial score (nSPS) is 18.9. The molecule has 0 radical (unpaired) electrons. The van der Waals surface area contributed by atoms with Crippen LogP contribution in [0.25, 0.3) is 0 Å². The highest BCUT2D eigenvalue weighted by Crippen LogP contribution is 2.30. The first kappa shape index (κ1) is 23.0. The number of hydrazine groups is 1. The molecule has 1 unspecified atom stereocenters. The lowest BCUT2D eigenvalue weighted by Gasteiger charge is -2.28. The van der Waals surface area contributed by atoms with E-state index < -0.39 is 17.9 Å². The summed E-state index contributed by atoms with van der Waals surface area (Å²) in [6.07, 6.45) is 2.27. The van der Waals surface area contributed by atoms with Crippen molar-refractivity contribution in [3.63, 3.8) is 0 Å². The van der Waals surface area contributed by atoms with E-state index in [1.165, 1.54) is 0 Å². The van der Waals surface area contributed by atoms with Crippen molar-refractivity contribution < 1.29 is 18.9 Å². The van der Waals surface area contributed by atoms with Crippen LogP contribution >= 0.6 is 0 Å². The molecule has 1 aromatic carbocycles. The number of rotatable bonds is 7. The van der Waals surface area contributed by atoms with Gasteiger partial charge in [-0.05, 0) is 37.8 Å². The molecule has 3 heterocycles. The van der Waals surface area contributed by atoms with Gasteiger partial charge in [0.25, 0.3) is 11.8 Å². The molecule has 2 atom stereocenters. The highest BCUT2D eigenvalue weighted by Gasteiger charge is 2.38. The van der Waals surface area contributed by atoms with Crippen molar-refractivity contribution in [2.75, 3.05) is 19.6 Å². The lowest BCUT2D eigenvalue weighted by molar-refractivity contribution is -0.148. The molecule has 0 saturated carbocycles. The van der Waals surface area contributed by atoms with Gasteiger partial charge in [0.2, 0.25) is 11.7 Å². The van der Waals surface area contributed by atoms with Crippen LogP contribution < -0.4 is 10.6 Å². The van der Waals surface area contributed by atoms with E-state index in [0.717, 1.165) is 30.5 Å². The van der Waals surface area contributed by atoms with E-state index in [0.29, 0.717) is 30.8 Å². The van der Waals surface area contributed by atoms with Crippen molar-refractivity contribution in [1.29, 1.82) is 0 Å². The summed E-state index contributed by atoms with van der Waals surface area (Å²) in [6, 6.07) is 7.02. The molecular formula is C24H31N5O4. The minimum atomic E-state index is -0.744. The van der Waals surface area contributed by atoms with Gasteiger partial charge in [-0.15, -0.1) is 0 Å². The molecule has 0 aliphatic carbocycles. The van der Waals surface area contributed by atoms with Crippen molar-refractivity contribution in [2.45, 2.75) is 52.6 Å². The third-order valence-electron chi connectivity index (χ3n) is 6.51. The lowest BCUT2D eigenvalue weighted by atomic mass is 9.97. The van der Waals surface area contributed by atoms with Crippen molar-refractivity contribution in [1.82, 2.24) is 25.8 Å². The molecule has 3 amide bonds. The Morgan fingerprint density at radius 2 is 2.03 bits per heavy atom. The van der Waals surface area contributed by atoms with Gasteiger partial charge >= 0.3 is 0 Å². The number of nitrogens with zero attached hydrogens (tertiary/aromatic N) is 3. The summed E-state index contributed by atoms with van der Waals surface area (Å²) in [5.74, 6) is -1.07. The number of benzene rings is 1. The third-order valence-corrected chi connectivity index (χ3v) is 6.51. The molecular weight excluding hydrogens is 422 g/mol. The predicted molar refractivity (Wildman–Crippen MR) is 121 cm³/mol. The Bertz CT molecular complexity index is 1050. The van der Waals surface area contributed by atoms with Crippen molar-refractivity contribution in [3.05, 3.63) is 52.4 Å². The van der Waals surface area contributed by atoms with Crippen LogP contribution in [0, 0.1) is 19.8 Å². The van der Waals surface area contributed by atoms with Gasteiger partial charge in [0, 0.05) is 31.7 Å². The Balaban J connectivity index is 1.49. The van der Waals surface area contributed by atoms with Gasteiger partial charge in [-0.1, -0.05) is 42.8 Å². The molecule has 1 aromatic heterocycles. The minimum Gasteiger partial charge on any atom is -0.350 e. The van der Waals surface area contributed by atoms with Crippen LogP contribution in [0.3, 0.4) is 0 Å². The van der Waals surface area contributed by atoms with E-state index in [9.17, 15) is 14.4 Å². The van der Waals surface area contributed by atoms with E-state index in [1.54, 1.807) is 18.9 Å². The van der Waals surface area contributed by atoms with Crippen LogP contribution in [0.4, 0.5) is 0 Å². The minimum absolute atomic E-state index is 0.113. The van der Waals surface area contributed by atoms with Crippen LogP contribution in [0.2, 0.25) is 0 Å². The summed E-state index contributed by atoms with van der Waals surface area (Å²) in [6.45, 7) is 7.81. The standard InChI is InChI=1S/C24H31N5O4/c1-4-8-17(13-25-23(31)21-15(2)16(3)27-33-21)22(30)26-20-19-10-6-5-9-18(19)14-28-11-7-12-29(28)24(20)32/h5-6,9-10,17,20H,4,7-8,11-14H2,1-3H3,(H,25,31)(H,26,30)/t17?,20-/m0/s1. The number of aryl methyl sites for hydroxylation is 1. The molecule has 176 valence electrons.